The van der Waals surface area contributed by atoms with Gasteiger partial charge in [0.1, 0.15) is 11.6 Å². The number of hydrogen-bond acceptors (Lipinski definition) is 16. The second-order valence-corrected chi connectivity index (χ2v) is 11.6. The smallest absolute Gasteiger partial charge is 0.336 e. The monoisotopic (exact) mass is 758 g/mol. The minimum Gasteiger partial charge on any atom is -0.478 e. The van der Waals surface area contributed by atoms with Crippen molar-refractivity contribution in [2.45, 2.75) is 13.8 Å². The number of hydrazine groups is 1. The lowest BCUT2D eigenvalue weighted by atomic mass is 10.1. The van der Waals surface area contributed by atoms with Crippen molar-refractivity contribution in [1.82, 2.24) is 34.5 Å². The van der Waals surface area contributed by atoms with Crippen LogP contribution in [0.5, 0.6) is 0 Å². The van der Waals surface area contributed by atoms with Crippen LogP contribution in [0, 0.1) is 25.2 Å². The molecule has 0 spiro atoms. The van der Waals surface area contributed by atoms with E-state index in [1.54, 1.807) is 6.92 Å². The van der Waals surface area contributed by atoms with Crippen LogP contribution in [0.3, 0.4) is 0 Å². The van der Waals surface area contributed by atoms with Gasteiger partial charge in [0.2, 0.25) is 5.95 Å². The fraction of sp³-hybridized carbons (Fsp3) is 0.0588. The Labute approximate surface area is 313 Å². The molecule has 0 aliphatic heterocycles. The number of azo groups is 1. The fourth-order valence-electron chi connectivity index (χ4n) is 5.17. The summed E-state index contributed by atoms with van der Waals surface area (Å²) in [5, 5.41) is 68.8. The number of nitrogens with one attached hydrogen (secondary N) is 1. The van der Waals surface area contributed by atoms with Gasteiger partial charge >= 0.3 is 23.9 Å². The average molecular weight is 759 g/mol. The van der Waals surface area contributed by atoms with Crippen LogP contribution in [0.4, 0.5) is 40.6 Å². The SMILES string of the molecule is Cc1nn(-c2ccc(C(=O)O)c(C(=O)O)c2)c(N=Nc2c(C)nn(-c3nc(Nc4ccc(C(=O)O)cc4)nc(N(N)c4ccc(C(=O)O)cc4)n3)c2N)c1C#N. The Morgan fingerprint density at radius 2 is 1.38 bits per heavy atom. The number of rotatable bonds is 12. The number of carboxylic acids is 4. The first-order chi connectivity index (χ1) is 26.7. The summed E-state index contributed by atoms with van der Waals surface area (Å²) < 4.78 is 2.23. The van der Waals surface area contributed by atoms with Gasteiger partial charge in [-0.05, 0) is 80.6 Å². The van der Waals surface area contributed by atoms with Crippen LogP contribution in [0.25, 0.3) is 11.6 Å². The third-order valence-corrected chi connectivity index (χ3v) is 7.96. The second-order valence-electron chi connectivity index (χ2n) is 11.6. The molecule has 22 nitrogen and oxygen atoms in total. The molecule has 280 valence electrons. The molecule has 9 N–H and O–H groups in total. The van der Waals surface area contributed by atoms with E-state index in [2.05, 4.69) is 40.7 Å². The zero-order valence-electron chi connectivity index (χ0n) is 28.8. The van der Waals surface area contributed by atoms with Gasteiger partial charge in [0.15, 0.2) is 17.3 Å². The van der Waals surface area contributed by atoms with Crippen molar-refractivity contribution in [3.63, 3.8) is 0 Å². The van der Waals surface area contributed by atoms with E-state index >= 15 is 0 Å². The Morgan fingerprint density at radius 1 is 0.768 bits per heavy atom. The lowest BCUT2D eigenvalue weighted by molar-refractivity contribution is 0.0651. The number of benzene rings is 3. The summed E-state index contributed by atoms with van der Waals surface area (Å²) >= 11 is 0. The molecule has 0 aliphatic carbocycles. The molecule has 0 bridgehead atoms. The highest BCUT2D eigenvalue weighted by Crippen LogP contribution is 2.33. The zero-order valence-corrected chi connectivity index (χ0v) is 28.8. The first kappa shape index (κ1) is 37.2. The Morgan fingerprint density at radius 3 is 1.96 bits per heavy atom. The summed E-state index contributed by atoms with van der Waals surface area (Å²) in [5.74, 6) is 0.437. The minimum absolute atomic E-state index is 0.00124. The molecule has 56 heavy (non-hydrogen) atoms. The van der Waals surface area contributed by atoms with Gasteiger partial charge in [0.05, 0.1) is 45.0 Å². The zero-order chi connectivity index (χ0) is 40.4. The van der Waals surface area contributed by atoms with E-state index in [9.17, 15) is 44.9 Å². The van der Waals surface area contributed by atoms with Gasteiger partial charge in [-0.25, -0.2) is 34.7 Å². The summed E-state index contributed by atoms with van der Waals surface area (Å²) in [4.78, 5) is 59.4. The van der Waals surface area contributed by atoms with Gasteiger partial charge in [0.25, 0.3) is 11.9 Å². The number of aromatic nitrogens is 7. The van der Waals surface area contributed by atoms with Gasteiger partial charge in [-0.15, -0.1) is 10.2 Å². The number of nitrogens with zero attached hydrogens (tertiary/aromatic N) is 11. The Balaban J connectivity index is 1.42. The van der Waals surface area contributed by atoms with E-state index in [4.69, 9.17) is 11.6 Å². The molecule has 0 fully saturated rings. The molecule has 0 unspecified atom stereocenters. The fourth-order valence-corrected chi connectivity index (χ4v) is 5.17. The summed E-state index contributed by atoms with van der Waals surface area (Å²) in [7, 11) is 0. The number of aryl methyl sites for hydroxylation is 2. The van der Waals surface area contributed by atoms with Crippen LogP contribution in [0.1, 0.15) is 58.4 Å². The number of nitrogen functional groups attached to an aromatic ring is 1. The Hall–Kier alpha value is -8.58. The van der Waals surface area contributed by atoms with E-state index in [0.717, 1.165) is 26.5 Å². The van der Waals surface area contributed by atoms with Gasteiger partial charge in [-0.3, -0.25) is 0 Å². The molecule has 6 rings (SSSR count). The maximum atomic E-state index is 11.9. The predicted octanol–water partition coefficient (Wildman–Crippen LogP) is 4.28. The van der Waals surface area contributed by atoms with Crippen LogP contribution in [-0.4, -0.2) is 78.8 Å². The van der Waals surface area contributed by atoms with E-state index in [1.807, 2.05) is 6.07 Å². The standard InChI is InChI=1S/C34H26N14O8/c1-15-24(14-35)27(47(44-15)21-11-12-22(30(53)54)23(13-21)31(55)56)43-42-25-16(2)45-48(26(25)36)34-40-32(38-19-7-3-17(4-8-19)28(49)50)39-33(41-34)46(37)20-9-5-18(6-10-20)29(51)52/h3-13H,36-37H2,1-2H3,(H,49,50)(H,51,52)(H,53,54)(H,55,56)(H,38,39,40,41). The molecule has 3 aromatic heterocycles. The number of aromatic carboxylic acids is 4. The third kappa shape index (κ3) is 7.22. The van der Waals surface area contributed by atoms with Gasteiger partial charge in [0, 0.05) is 5.69 Å². The highest BCUT2D eigenvalue weighted by atomic mass is 16.4. The summed E-state index contributed by atoms with van der Waals surface area (Å²) in [6.07, 6.45) is 0. The minimum atomic E-state index is -1.50. The largest absolute Gasteiger partial charge is 0.478 e. The highest BCUT2D eigenvalue weighted by molar-refractivity contribution is 6.02. The summed E-state index contributed by atoms with van der Waals surface area (Å²) in [6.45, 7) is 3.06. The molecule has 3 aromatic carbocycles. The van der Waals surface area contributed by atoms with Gasteiger partial charge in [-0.1, -0.05) is 0 Å². The maximum Gasteiger partial charge on any atom is 0.336 e. The van der Waals surface area contributed by atoms with E-state index < -0.39 is 35.0 Å². The molecule has 0 atom stereocenters. The van der Waals surface area contributed by atoms with Crippen LogP contribution >= 0.6 is 0 Å². The number of hydrogen-bond donors (Lipinski definition) is 7. The molecule has 0 radical (unpaired) electrons. The van der Waals surface area contributed by atoms with Crippen molar-refractivity contribution in [2.24, 2.45) is 16.1 Å². The molecule has 0 aliphatic rings. The van der Waals surface area contributed by atoms with E-state index in [1.165, 1.54) is 61.5 Å². The molecular formula is C34H26N14O8. The number of anilines is 5. The predicted molar refractivity (Wildman–Crippen MR) is 194 cm³/mol. The lowest BCUT2D eigenvalue weighted by Gasteiger charge is -2.18. The van der Waals surface area contributed by atoms with Crippen LogP contribution in [-0.2, 0) is 0 Å². The molecule has 3 heterocycles. The van der Waals surface area contributed by atoms with Crippen molar-refractivity contribution >= 4 is 64.5 Å². The molecule has 0 amide bonds. The van der Waals surface area contributed by atoms with Gasteiger partial charge < -0.3 is 31.5 Å². The number of nitrogens with two attached hydrogens (primary N) is 2. The average Bonchev–Trinajstić information content (AvgIpc) is 3.65. The number of carboxylic acid groups (broad SMARTS) is 4. The first-order valence-electron chi connectivity index (χ1n) is 15.8. The summed E-state index contributed by atoms with van der Waals surface area (Å²) in [5.41, 5.74) is 6.72. The maximum absolute atomic E-state index is 11.9. The van der Waals surface area contributed by atoms with Crippen LogP contribution in [0.2, 0.25) is 0 Å². The van der Waals surface area contributed by atoms with Crippen molar-refractivity contribution < 1.29 is 39.6 Å². The molecule has 0 saturated carbocycles. The molecule has 22 heteroatoms. The van der Waals surface area contributed by atoms with Crippen molar-refractivity contribution in [3.05, 3.63) is 106 Å². The molecular weight excluding hydrogens is 732 g/mol. The Bertz CT molecular complexity index is 2650. The topological polar surface area (TPSA) is 339 Å². The summed E-state index contributed by atoms with van der Waals surface area (Å²) in [6, 6.07) is 16.6. The molecule has 0 saturated heterocycles. The van der Waals surface area contributed by atoms with E-state index in [-0.39, 0.29) is 74.6 Å². The van der Waals surface area contributed by atoms with Crippen molar-refractivity contribution in [3.8, 4) is 17.7 Å². The normalized spacial score (nSPS) is 11.0. The van der Waals surface area contributed by atoms with Crippen LogP contribution in [0.15, 0.2) is 77.0 Å². The lowest BCUT2D eigenvalue weighted by Crippen LogP contribution is -2.28. The van der Waals surface area contributed by atoms with E-state index in [0.29, 0.717) is 5.69 Å². The highest BCUT2D eigenvalue weighted by Gasteiger charge is 2.23. The van der Waals surface area contributed by atoms with Gasteiger partial charge in [-0.2, -0.15) is 35.1 Å². The van der Waals surface area contributed by atoms with Crippen molar-refractivity contribution in [2.75, 3.05) is 16.1 Å². The van der Waals surface area contributed by atoms with Crippen molar-refractivity contribution in [1.29, 1.82) is 5.26 Å². The molecule has 6 aromatic rings. The first-order valence-corrected chi connectivity index (χ1v) is 15.8. The second kappa shape index (κ2) is 14.8. The Kier molecular flexibility index (Phi) is 9.83. The number of nitriles is 1. The quantitative estimate of drug-likeness (QED) is 0.0520. The number of carbonyl (C=O) groups is 4. The third-order valence-electron chi connectivity index (χ3n) is 7.96. The van der Waals surface area contributed by atoms with Crippen LogP contribution < -0.4 is 21.9 Å².